The first-order chi connectivity index (χ1) is 12.1. The molecule has 0 atom stereocenters. The molecule has 2 amide bonds. The molecule has 1 saturated heterocycles. The second kappa shape index (κ2) is 8.05. The predicted octanol–water partition coefficient (Wildman–Crippen LogP) is 2.99. The third-order valence-corrected chi connectivity index (χ3v) is 4.58. The summed E-state index contributed by atoms with van der Waals surface area (Å²) in [6.45, 7) is 6.62. The lowest BCUT2D eigenvalue weighted by Gasteiger charge is -2.31. The minimum Gasteiger partial charge on any atom is -0.492 e. The standard InChI is InChI=1S/C19H26N4O2/c1-14-9-15(2)11-17(10-14)25-8-5-21-19(24)23-6-3-16(4-7-23)18-12-20-13-22-18/h9-13,16H,3-8H2,1-2H3,(H,20,22)(H,21,24). The summed E-state index contributed by atoms with van der Waals surface area (Å²) in [5.41, 5.74) is 3.53. The summed E-state index contributed by atoms with van der Waals surface area (Å²) in [5, 5.41) is 2.94. The first-order valence-electron chi connectivity index (χ1n) is 8.84. The first kappa shape index (κ1) is 17.3. The maximum atomic E-state index is 12.2. The molecule has 134 valence electrons. The second-order valence-corrected chi connectivity index (χ2v) is 6.67. The number of hydrogen-bond donors (Lipinski definition) is 2. The van der Waals surface area contributed by atoms with Crippen LogP contribution in [0.2, 0.25) is 0 Å². The molecule has 1 aliphatic heterocycles. The van der Waals surface area contributed by atoms with Crippen LogP contribution in [0.5, 0.6) is 5.75 Å². The topological polar surface area (TPSA) is 70.2 Å². The lowest BCUT2D eigenvalue weighted by Crippen LogP contribution is -2.45. The number of carbonyl (C=O) groups excluding carboxylic acids is 1. The Labute approximate surface area is 148 Å². The molecular weight excluding hydrogens is 316 g/mol. The highest BCUT2D eigenvalue weighted by Crippen LogP contribution is 2.26. The van der Waals surface area contributed by atoms with E-state index in [4.69, 9.17) is 4.74 Å². The molecule has 0 spiro atoms. The fraction of sp³-hybridized carbons (Fsp3) is 0.474. The Bertz CT molecular complexity index is 671. The fourth-order valence-corrected chi connectivity index (χ4v) is 3.34. The van der Waals surface area contributed by atoms with E-state index in [0.29, 0.717) is 19.1 Å². The third kappa shape index (κ3) is 4.75. The van der Waals surface area contributed by atoms with Gasteiger partial charge in [0, 0.05) is 30.9 Å². The number of aromatic nitrogens is 2. The molecule has 0 aliphatic carbocycles. The molecule has 1 aliphatic rings. The molecule has 0 radical (unpaired) electrons. The fourth-order valence-electron chi connectivity index (χ4n) is 3.34. The number of likely N-dealkylation sites (tertiary alicyclic amines) is 1. The Morgan fingerprint density at radius 2 is 2.00 bits per heavy atom. The van der Waals surface area contributed by atoms with E-state index in [-0.39, 0.29) is 6.03 Å². The SMILES string of the molecule is Cc1cc(C)cc(OCCNC(=O)N2CCC(c3cnc[nH]3)CC2)c1. The molecule has 1 aromatic carbocycles. The number of nitrogens with zero attached hydrogens (tertiary/aromatic N) is 2. The number of urea groups is 1. The van der Waals surface area contributed by atoms with Gasteiger partial charge in [-0.2, -0.15) is 0 Å². The van der Waals surface area contributed by atoms with Gasteiger partial charge in [0.05, 0.1) is 12.9 Å². The van der Waals surface area contributed by atoms with Crippen LogP contribution in [0.1, 0.15) is 35.6 Å². The van der Waals surface area contributed by atoms with Gasteiger partial charge in [-0.25, -0.2) is 9.78 Å². The van der Waals surface area contributed by atoms with Crippen LogP contribution in [0.25, 0.3) is 0 Å². The zero-order chi connectivity index (χ0) is 17.6. The number of H-pyrrole nitrogens is 1. The number of amides is 2. The van der Waals surface area contributed by atoms with Crippen molar-refractivity contribution in [2.24, 2.45) is 0 Å². The van der Waals surface area contributed by atoms with Crippen LogP contribution in [0.4, 0.5) is 4.79 Å². The number of hydrogen-bond acceptors (Lipinski definition) is 3. The van der Waals surface area contributed by atoms with E-state index in [0.717, 1.165) is 31.7 Å². The van der Waals surface area contributed by atoms with Crippen molar-refractivity contribution in [3.05, 3.63) is 47.5 Å². The zero-order valence-electron chi connectivity index (χ0n) is 14.9. The molecule has 3 rings (SSSR count). The number of nitrogens with one attached hydrogen (secondary N) is 2. The summed E-state index contributed by atoms with van der Waals surface area (Å²) in [6, 6.07) is 6.12. The maximum absolute atomic E-state index is 12.2. The van der Waals surface area contributed by atoms with Crippen LogP contribution < -0.4 is 10.1 Å². The number of benzene rings is 1. The van der Waals surface area contributed by atoms with Crippen LogP contribution in [0, 0.1) is 13.8 Å². The number of imidazole rings is 1. The molecule has 6 heteroatoms. The summed E-state index contributed by atoms with van der Waals surface area (Å²) in [7, 11) is 0. The molecule has 0 unspecified atom stereocenters. The van der Waals surface area contributed by atoms with Crippen LogP contribution in [0.3, 0.4) is 0 Å². The van der Waals surface area contributed by atoms with E-state index in [9.17, 15) is 4.79 Å². The van der Waals surface area contributed by atoms with E-state index < -0.39 is 0 Å². The van der Waals surface area contributed by atoms with E-state index in [1.54, 1.807) is 6.33 Å². The smallest absolute Gasteiger partial charge is 0.317 e. The van der Waals surface area contributed by atoms with Gasteiger partial charge in [0.1, 0.15) is 12.4 Å². The number of aromatic amines is 1. The Hall–Kier alpha value is -2.50. The van der Waals surface area contributed by atoms with Crippen LogP contribution in [-0.4, -0.2) is 47.1 Å². The van der Waals surface area contributed by atoms with Crippen LogP contribution in [-0.2, 0) is 0 Å². The maximum Gasteiger partial charge on any atom is 0.317 e. The Balaban J connectivity index is 1.37. The number of piperidine rings is 1. The Morgan fingerprint density at radius 3 is 2.64 bits per heavy atom. The van der Waals surface area contributed by atoms with Crippen LogP contribution >= 0.6 is 0 Å². The second-order valence-electron chi connectivity index (χ2n) is 6.67. The minimum atomic E-state index is -0.00733. The van der Waals surface area contributed by atoms with Crippen LogP contribution in [0.15, 0.2) is 30.7 Å². The summed E-state index contributed by atoms with van der Waals surface area (Å²) in [6.07, 6.45) is 5.53. The molecule has 1 fully saturated rings. The zero-order valence-corrected chi connectivity index (χ0v) is 14.9. The minimum absolute atomic E-state index is 0.00733. The summed E-state index contributed by atoms with van der Waals surface area (Å²) in [4.78, 5) is 21.4. The van der Waals surface area contributed by atoms with Gasteiger partial charge >= 0.3 is 6.03 Å². The number of rotatable bonds is 5. The highest BCUT2D eigenvalue weighted by Gasteiger charge is 2.24. The van der Waals surface area contributed by atoms with Crippen molar-refractivity contribution >= 4 is 6.03 Å². The van der Waals surface area contributed by atoms with Gasteiger partial charge in [-0.3, -0.25) is 0 Å². The average Bonchev–Trinajstić information content (AvgIpc) is 3.12. The Morgan fingerprint density at radius 1 is 1.28 bits per heavy atom. The summed E-state index contributed by atoms with van der Waals surface area (Å²) < 4.78 is 5.73. The van der Waals surface area contributed by atoms with Gasteiger partial charge in [-0.15, -0.1) is 0 Å². The molecule has 6 nitrogen and oxygen atoms in total. The molecule has 1 aromatic heterocycles. The first-order valence-corrected chi connectivity index (χ1v) is 8.84. The summed E-state index contributed by atoms with van der Waals surface area (Å²) >= 11 is 0. The van der Waals surface area contributed by atoms with Crippen molar-refractivity contribution < 1.29 is 9.53 Å². The largest absolute Gasteiger partial charge is 0.492 e. The lowest BCUT2D eigenvalue weighted by atomic mass is 9.94. The van der Waals surface area contributed by atoms with Crippen molar-refractivity contribution in [1.82, 2.24) is 20.2 Å². The molecular formula is C19H26N4O2. The highest BCUT2D eigenvalue weighted by atomic mass is 16.5. The highest BCUT2D eigenvalue weighted by molar-refractivity contribution is 5.74. The van der Waals surface area contributed by atoms with Gasteiger partial charge in [0.2, 0.25) is 0 Å². The molecule has 2 N–H and O–H groups in total. The van der Waals surface area contributed by atoms with Crippen molar-refractivity contribution in [3.8, 4) is 5.75 Å². The van der Waals surface area contributed by atoms with Crippen molar-refractivity contribution in [2.45, 2.75) is 32.6 Å². The van der Waals surface area contributed by atoms with Crippen molar-refractivity contribution in [1.29, 1.82) is 0 Å². The number of aryl methyl sites for hydroxylation is 2. The van der Waals surface area contributed by atoms with Crippen molar-refractivity contribution in [2.75, 3.05) is 26.2 Å². The van der Waals surface area contributed by atoms with Crippen molar-refractivity contribution in [3.63, 3.8) is 0 Å². The Kier molecular flexibility index (Phi) is 5.58. The molecule has 2 aromatic rings. The lowest BCUT2D eigenvalue weighted by molar-refractivity contribution is 0.178. The van der Waals surface area contributed by atoms with Gasteiger partial charge in [-0.05, 0) is 49.9 Å². The molecule has 2 heterocycles. The van der Waals surface area contributed by atoms with Gasteiger partial charge in [-0.1, -0.05) is 6.07 Å². The van der Waals surface area contributed by atoms with E-state index >= 15 is 0 Å². The molecule has 0 bridgehead atoms. The monoisotopic (exact) mass is 342 g/mol. The average molecular weight is 342 g/mol. The molecule has 0 saturated carbocycles. The number of ether oxygens (including phenoxy) is 1. The van der Waals surface area contributed by atoms with Gasteiger partial charge < -0.3 is 19.9 Å². The third-order valence-electron chi connectivity index (χ3n) is 4.58. The number of carbonyl (C=O) groups is 1. The normalized spacial score (nSPS) is 15.2. The quantitative estimate of drug-likeness (QED) is 0.821. The van der Waals surface area contributed by atoms with Gasteiger partial charge in [0.25, 0.3) is 0 Å². The van der Waals surface area contributed by atoms with E-state index in [1.165, 1.54) is 16.8 Å². The van der Waals surface area contributed by atoms with Gasteiger partial charge in [0.15, 0.2) is 0 Å². The predicted molar refractivity (Wildman–Crippen MR) is 96.9 cm³/mol. The van der Waals surface area contributed by atoms with E-state index in [2.05, 4.69) is 35.2 Å². The molecule has 25 heavy (non-hydrogen) atoms. The van der Waals surface area contributed by atoms with E-state index in [1.807, 2.05) is 23.2 Å². The summed E-state index contributed by atoms with van der Waals surface area (Å²) in [5.74, 6) is 1.33.